The summed E-state index contributed by atoms with van der Waals surface area (Å²) in [6.45, 7) is 8.61. The minimum absolute atomic E-state index is 0.688. The van der Waals surface area contributed by atoms with Gasteiger partial charge >= 0.3 is 0 Å². The molecule has 1 aromatic heterocycles. The van der Waals surface area contributed by atoms with Gasteiger partial charge in [-0.2, -0.15) is 0 Å². The van der Waals surface area contributed by atoms with E-state index in [2.05, 4.69) is 34.6 Å². The van der Waals surface area contributed by atoms with Gasteiger partial charge in [0.25, 0.3) is 0 Å². The van der Waals surface area contributed by atoms with Crippen molar-refractivity contribution in [1.82, 2.24) is 9.97 Å². The minimum Gasteiger partial charge on any atom is -0.381 e. The number of hydrazine groups is 1. The van der Waals surface area contributed by atoms with E-state index in [1.54, 1.807) is 0 Å². The molecule has 0 saturated heterocycles. The molecule has 0 saturated carbocycles. The Kier molecular flexibility index (Phi) is 7.91. The number of ether oxygens (including phenoxy) is 1. The van der Waals surface area contributed by atoms with Crippen LogP contribution in [0.15, 0.2) is 0 Å². The van der Waals surface area contributed by atoms with Crippen LogP contribution in [0.1, 0.15) is 44.5 Å². The monoisotopic (exact) mass is 281 g/mol. The molecule has 0 aliphatic rings. The van der Waals surface area contributed by atoms with Crippen LogP contribution in [0.5, 0.6) is 0 Å². The van der Waals surface area contributed by atoms with E-state index in [9.17, 15) is 0 Å². The third-order valence-corrected chi connectivity index (χ3v) is 2.91. The van der Waals surface area contributed by atoms with E-state index in [-0.39, 0.29) is 0 Å². The van der Waals surface area contributed by atoms with Crippen LogP contribution in [0.4, 0.5) is 11.6 Å². The molecule has 4 N–H and O–H groups in total. The van der Waals surface area contributed by atoms with Crippen LogP contribution in [-0.2, 0) is 11.2 Å². The van der Waals surface area contributed by atoms with Crippen LogP contribution in [0.3, 0.4) is 0 Å². The maximum Gasteiger partial charge on any atom is 0.148 e. The van der Waals surface area contributed by atoms with E-state index in [1.165, 1.54) is 0 Å². The van der Waals surface area contributed by atoms with Crippen molar-refractivity contribution in [2.24, 2.45) is 5.84 Å². The fourth-order valence-electron chi connectivity index (χ4n) is 1.84. The van der Waals surface area contributed by atoms with Crippen molar-refractivity contribution < 1.29 is 4.74 Å². The Morgan fingerprint density at radius 3 is 2.50 bits per heavy atom. The Morgan fingerprint density at radius 2 is 1.85 bits per heavy atom. The highest BCUT2D eigenvalue weighted by Gasteiger charge is 2.09. The highest BCUT2D eigenvalue weighted by molar-refractivity contribution is 5.56. The van der Waals surface area contributed by atoms with Gasteiger partial charge in [-0.25, -0.2) is 15.8 Å². The first-order chi connectivity index (χ1) is 9.72. The van der Waals surface area contributed by atoms with E-state index in [0.29, 0.717) is 5.82 Å². The van der Waals surface area contributed by atoms with Crippen LogP contribution in [0.2, 0.25) is 0 Å². The Morgan fingerprint density at radius 1 is 1.10 bits per heavy atom. The molecule has 1 heterocycles. The first-order valence-corrected chi connectivity index (χ1v) is 7.38. The lowest BCUT2D eigenvalue weighted by molar-refractivity contribution is 0.134. The average molecular weight is 281 g/mol. The van der Waals surface area contributed by atoms with Crippen LogP contribution in [-0.4, -0.2) is 29.7 Å². The molecular formula is C14H27N5O. The fourth-order valence-corrected chi connectivity index (χ4v) is 1.84. The lowest BCUT2D eigenvalue weighted by atomic mass is 10.2. The Hall–Kier alpha value is -1.40. The Balaban J connectivity index is 2.56. The number of nitrogens with one attached hydrogen (secondary N) is 2. The number of hydrogen-bond acceptors (Lipinski definition) is 6. The van der Waals surface area contributed by atoms with Gasteiger partial charge in [-0.15, -0.1) is 0 Å². The molecule has 0 atom stereocenters. The SMILES string of the molecule is CCCOCCCNc1nc(CCC)nc(NN)c1C. The first kappa shape index (κ1) is 16.7. The van der Waals surface area contributed by atoms with E-state index in [1.807, 2.05) is 6.92 Å². The van der Waals surface area contributed by atoms with Gasteiger partial charge in [0.05, 0.1) is 0 Å². The van der Waals surface area contributed by atoms with Crippen molar-refractivity contribution in [3.05, 3.63) is 11.4 Å². The predicted molar refractivity (Wildman–Crippen MR) is 82.8 cm³/mol. The molecule has 20 heavy (non-hydrogen) atoms. The topological polar surface area (TPSA) is 85.1 Å². The molecule has 0 radical (unpaired) electrons. The maximum absolute atomic E-state index is 5.51. The van der Waals surface area contributed by atoms with Gasteiger partial charge in [-0.05, 0) is 26.2 Å². The standard InChI is InChI=1S/C14H27N5O/c1-4-7-12-17-13(11(3)14(18-12)19-15)16-8-6-10-20-9-5-2/h4-10,15H2,1-3H3,(H2,16,17,18,19). The lowest BCUT2D eigenvalue weighted by Gasteiger charge is -2.13. The molecule has 0 aromatic carbocycles. The molecule has 0 spiro atoms. The quantitative estimate of drug-likeness (QED) is 0.346. The summed E-state index contributed by atoms with van der Waals surface area (Å²) in [5.41, 5.74) is 3.58. The largest absolute Gasteiger partial charge is 0.381 e. The van der Waals surface area contributed by atoms with Gasteiger partial charge in [0.1, 0.15) is 17.5 Å². The summed E-state index contributed by atoms with van der Waals surface area (Å²) in [6, 6.07) is 0. The summed E-state index contributed by atoms with van der Waals surface area (Å²) in [5, 5.41) is 3.34. The molecule has 0 fully saturated rings. The summed E-state index contributed by atoms with van der Waals surface area (Å²) < 4.78 is 5.45. The van der Waals surface area contributed by atoms with Gasteiger partial charge < -0.3 is 15.5 Å². The lowest BCUT2D eigenvalue weighted by Crippen LogP contribution is -2.16. The third kappa shape index (κ3) is 5.30. The molecule has 1 rings (SSSR count). The second-order valence-corrected chi connectivity index (χ2v) is 4.75. The fraction of sp³-hybridized carbons (Fsp3) is 0.714. The molecule has 0 amide bonds. The van der Waals surface area contributed by atoms with E-state index in [4.69, 9.17) is 10.6 Å². The summed E-state index contributed by atoms with van der Waals surface area (Å²) in [4.78, 5) is 8.94. The van der Waals surface area contributed by atoms with Crippen LogP contribution < -0.4 is 16.6 Å². The third-order valence-electron chi connectivity index (χ3n) is 2.91. The molecule has 6 heteroatoms. The average Bonchev–Trinajstić information content (AvgIpc) is 2.45. The van der Waals surface area contributed by atoms with E-state index < -0.39 is 0 Å². The zero-order valence-electron chi connectivity index (χ0n) is 12.8. The first-order valence-electron chi connectivity index (χ1n) is 7.38. The molecule has 0 bridgehead atoms. The highest BCUT2D eigenvalue weighted by atomic mass is 16.5. The predicted octanol–water partition coefficient (Wildman–Crippen LogP) is 2.25. The number of hydrogen-bond donors (Lipinski definition) is 3. The van der Waals surface area contributed by atoms with E-state index in [0.717, 1.165) is 62.6 Å². The number of aryl methyl sites for hydroxylation is 1. The van der Waals surface area contributed by atoms with Crippen molar-refractivity contribution >= 4 is 11.6 Å². The summed E-state index contributed by atoms with van der Waals surface area (Å²) in [7, 11) is 0. The number of rotatable bonds is 10. The smallest absolute Gasteiger partial charge is 0.148 e. The Bertz CT molecular complexity index is 397. The van der Waals surface area contributed by atoms with Gasteiger partial charge in [0, 0.05) is 31.7 Å². The van der Waals surface area contributed by atoms with Crippen molar-refractivity contribution in [2.45, 2.75) is 46.5 Å². The van der Waals surface area contributed by atoms with Crippen LogP contribution in [0.25, 0.3) is 0 Å². The van der Waals surface area contributed by atoms with Gasteiger partial charge in [-0.1, -0.05) is 13.8 Å². The van der Waals surface area contributed by atoms with Gasteiger partial charge in [0.15, 0.2) is 0 Å². The van der Waals surface area contributed by atoms with Crippen molar-refractivity contribution in [1.29, 1.82) is 0 Å². The normalized spacial score (nSPS) is 10.6. The maximum atomic E-state index is 5.51. The zero-order chi connectivity index (χ0) is 14.8. The summed E-state index contributed by atoms with van der Waals surface area (Å²) in [5.74, 6) is 7.86. The minimum atomic E-state index is 0.688. The van der Waals surface area contributed by atoms with E-state index >= 15 is 0 Å². The molecular weight excluding hydrogens is 254 g/mol. The highest BCUT2D eigenvalue weighted by Crippen LogP contribution is 2.19. The van der Waals surface area contributed by atoms with Crippen molar-refractivity contribution in [3.8, 4) is 0 Å². The summed E-state index contributed by atoms with van der Waals surface area (Å²) in [6.07, 6.45) is 3.88. The molecule has 0 aliphatic heterocycles. The van der Waals surface area contributed by atoms with Gasteiger partial charge in [0.2, 0.25) is 0 Å². The number of aromatic nitrogens is 2. The van der Waals surface area contributed by atoms with Gasteiger partial charge in [-0.3, -0.25) is 0 Å². The molecule has 0 unspecified atom stereocenters. The second kappa shape index (κ2) is 9.50. The number of nitrogens with zero attached hydrogens (tertiary/aromatic N) is 2. The van der Waals surface area contributed by atoms with Crippen LogP contribution in [0, 0.1) is 6.92 Å². The Labute approximate surface area is 121 Å². The number of nitrogens with two attached hydrogens (primary N) is 1. The van der Waals surface area contributed by atoms with Crippen LogP contribution >= 0.6 is 0 Å². The zero-order valence-corrected chi connectivity index (χ0v) is 12.8. The number of nitrogen functional groups attached to an aromatic ring is 1. The summed E-state index contributed by atoms with van der Waals surface area (Å²) >= 11 is 0. The molecule has 114 valence electrons. The molecule has 1 aromatic rings. The molecule has 6 nitrogen and oxygen atoms in total. The second-order valence-electron chi connectivity index (χ2n) is 4.75. The van der Waals surface area contributed by atoms with Crippen molar-refractivity contribution in [2.75, 3.05) is 30.5 Å². The van der Waals surface area contributed by atoms with Crippen molar-refractivity contribution in [3.63, 3.8) is 0 Å². The number of anilines is 2. The molecule has 0 aliphatic carbocycles.